The third-order valence-corrected chi connectivity index (χ3v) is 4.50. The number of hydrogen-bond donors (Lipinski definition) is 3. The van der Waals surface area contributed by atoms with E-state index in [2.05, 4.69) is 10.3 Å². The summed E-state index contributed by atoms with van der Waals surface area (Å²) in [5.41, 5.74) is 7.86. The van der Waals surface area contributed by atoms with Crippen LogP contribution in [0.5, 0.6) is 0 Å². The molecular formula is C15H18ClN3O2S. The number of aromatic nitrogens is 1. The van der Waals surface area contributed by atoms with E-state index in [9.17, 15) is 4.79 Å². The molecule has 1 aromatic carbocycles. The number of anilines is 1. The molecule has 0 aliphatic heterocycles. The second-order valence-corrected chi connectivity index (χ2v) is 6.18. The number of nitrogens with zero attached hydrogens (tertiary/aromatic N) is 1. The summed E-state index contributed by atoms with van der Waals surface area (Å²) in [7, 11) is 0. The fraction of sp³-hybridized carbons (Fsp3) is 0.333. The number of thiazole rings is 1. The van der Waals surface area contributed by atoms with E-state index < -0.39 is 0 Å². The first-order chi connectivity index (χ1) is 10.5. The monoisotopic (exact) mass is 339 g/mol. The standard InChI is InChI=1S/C15H18ClN3O2S/c1-2-10(7-20)18-14(21)6-11-8-22-15(19-11)9-3-4-12(16)13(17)5-9/h3-5,8,10,20H,2,6-7,17H2,1H3,(H,18,21). The molecule has 1 aromatic heterocycles. The molecular weight excluding hydrogens is 322 g/mol. The number of aliphatic hydroxyl groups excluding tert-OH is 1. The molecule has 0 fully saturated rings. The lowest BCUT2D eigenvalue weighted by Crippen LogP contribution is -2.37. The second-order valence-electron chi connectivity index (χ2n) is 4.91. The number of benzene rings is 1. The van der Waals surface area contributed by atoms with Gasteiger partial charge in [-0.15, -0.1) is 11.3 Å². The summed E-state index contributed by atoms with van der Waals surface area (Å²) in [5, 5.41) is 15.0. The van der Waals surface area contributed by atoms with Gasteiger partial charge < -0.3 is 16.2 Å². The van der Waals surface area contributed by atoms with Crippen molar-refractivity contribution in [1.29, 1.82) is 0 Å². The Morgan fingerprint density at radius 2 is 2.32 bits per heavy atom. The lowest BCUT2D eigenvalue weighted by Gasteiger charge is -2.13. The van der Waals surface area contributed by atoms with Crippen molar-refractivity contribution in [2.75, 3.05) is 12.3 Å². The van der Waals surface area contributed by atoms with Gasteiger partial charge in [-0.1, -0.05) is 24.6 Å². The summed E-state index contributed by atoms with van der Waals surface area (Å²) in [6, 6.07) is 5.14. The number of halogens is 1. The number of nitrogens with two attached hydrogens (primary N) is 1. The van der Waals surface area contributed by atoms with Crippen LogP contribution >= 0.6 is 22.9 Å². The number of aliphatic hydroxyl groups is 1. The molecule has 7 heteroatoms. The van der Waals surface area contributed by atoms with Crippen molar-refractivity contribution in [2.45, 2.75) is 25.8 Å². The Kier molecular flexibility index (Phi) is 5.76. The number of nitrogens with one attached hydrogen (secondary N) is 1. The Labute approximate surface area is 138 Å². The maximum atomic E-state index is 11.9. The molecule has 0 aliphatic rings. The Balaban J connectivity index is 2.05. The average molecular weight is 340 g/mol. The Morgan fingerprint density at radius 1 is 1.55 bits per heavy atom. The second kappa shape index (κ2) is 7.58. The van der Waals surface area contributed by atoms with Gasteiger partial charge in [-0.25, -0.2) is 4.98 Å². The van der Waals surface area contributed by atoms with Crippen LogP contribution in [0.2, 0.25) is 5.02 Å². The minimum absolute atomic E-state index is 0.0609. The molecule has 0 saturated carbocycles. The lowest BCUT2D eigenvalue weighted by atomic mass is 10.2. The molecule has 5 nitrogen and oxygen atoms in total. The Hall–Kier alpha value is -1.63. The first-order valence-electron chi connectivity index (χ1n) is 6.93. The normalized spacial score (nSPS) is 12.1. The van der Waals surface area contributed by atoms with Gasteiger partial charge in [-0.05, 0) is 18.6 Å². The van der Waals surface area contributed by atoms with E-state index in [1.807, 2.05) is 18.4 Å². The molecule has 2 aromatic rings. The molecule has 0 spiro atoms. The molecule has 4 N–H and O–H groups in total. The number of amides is 1. The van der Waals surface area contributed by atoms with Gasteiger partial charge in [0.15, 0.2) is 0 Å². The molecule has 2 rings (SSSR count). The van der Waals surface area contributed by atoms with Crippen LogP contribution in [0, 0.1) is 0 Å². The van der Waals surface area contributed by atoms with Crippen molar-refractivity contribution in [3.63, 3.8) is 0 Å². The number of hydrogen-bond acceptors (Lipinski definition) is 5. The van der Waals surface area contributed by atoms with Crippen LogP contribution in [0.3, 0.4) is 0 Å². The average Bonchev–Trinajstić information content (AvgIpc) is 2.96. The zero-order valence-electron chi connectivity index (χ0n) is 12.2. The van der Waals surface area contributed by atoms with Gasteiger partial charge in [0.1, 0.15) is 5.01 Å². The predicted molar refractivity (Wildman–Crippen MR) is 90.0 cm³/mol. The van der Waals surface area contributed by atoms with E-state index in [0.29, 0.717) is 22.8 Å². The van der Waals surface area contributed by atoms with E-state index >= 15 is 0 Å². The highest BCUT2D eigenvalue weighted by Crippen LogP contribution is 2.29. The van der Waals surface area contributed by atoms with E-state index in [-0.39, 0.29) is 25.0 Å². The minimum atomic E-state index is -0.207. The van der Waals surface area contributed by atoms with E-state index in [1.165, 1.54) is 11.3 Å². The predicted octanol–water partition coefficient (Wildman–Crippen LogP) is 2.48. The van der Waals surface area contributed by atoms with Gasteiger partial charge in [-0.2, -0.15) is 0 Å². The van der Waals surface area contributed by atoms with Crippen LogP contribution in [0.1, 0.15) is 19.0 Å². The maximum absolute atomic E-state index is 11.9. The van der Waals surface area contributed by atoms with Gasteiger partial charge in [0.05, 0.1) is 35.5 Å². The summed E-state index contributed by atoms with van der Waals surface area (Å²) in [6.45, 7) is 1.85. The fourth-order valence-corrected chi connectivity index (χ4v) is 2.85. The maximum Gasteiger partial charge on any atom is 0.226 e. The van der Waals surface area contributed by atoms with Gasteiger partial charge in [0, 0.05) is 10.9 Å². The van der Waals surface area contributed by atoms with Gasteiger partial charge in [0.2, 0.25) is 5.91 Å². The van der Waals surface area contributed by atoms with Crippen molar-refractivity contribution in [1.82, 2.24) is 10.3 Å². The summed E-state index contributed by atoms with van der Waals surface area (Å²) in [6.07, 6.45) is 0.880. The van der Waals surface area contributed by atoms with Crippen molar-refractivity contribution >= 4 is 34.5 Å². The zero-order chi connectivity index (χ0) is 16.1. The lowest BCUT2D eigenvalue weighted by molar-refractivity contribution is -0.121. The zero-order valence-corrected chi connectivity index (χ0v) is 13.7. The largest absolute Gasteiger partial charge is 0.398 e. The smallest absolute Gasteiger partial charge is 0.226 e. The third kappa shape index (κ3) is 4.19. The van der Waals surface area contributed by atoms with Crippen LogP contribution < -0.4 is 11.1 Å². The summed E-state index contributed by atoms with van der Waals surface area (Å²) >= 11 is 7.35. The molecule has 0 bridgehead atoms. The molecule has 118 valence electrons. The fourth-order valence-electron chi connectivity index (χ4n) is 1.92. The highest BCUT2D eigenvalue weighted by Gasteiger charge is 2.13. The van der Waals surface area contributed by atoms with Crippen molar-refractivity contribution in [3.8, 4) is 10.6 Å². The highest BCUT2D eigenvalue weighted by molar-refractivity contribution is 7.13. The quantitative estimate of drug-likeness (QED) is 0.705. The van der Waals surface area contributed by atoms with Crippen LogP contribution in [0.4, 0.5) is 5.69 Å². The summed E-state index contributed by atoms with van der Waals surface area (Å²) in [4.78, 5) is 16.3. The molecule has 0 radical (unpaired) electrons. The van der Waals surface area contributed by atoms with E-state index in [0.717, 1.165) is 10.6 Å². The van der Waals surface area contributed by atoms with Gasteiger partial charge in [0.25, 0.3) is 0 Å². The molecule has 1 amide bonds. The third-order valence-electron chi connectivity index (χ3n) is 3.21. The van der Waals surface area contributed by atoms with Crippen molar-refractivity contribution in [3.05, 3.63) is 34.3 Å². The summed E-state index contributed by atoms with van der Waals surface area (Å²) < 4.78 is 0. The topological polar surface area (TPSA) is 88.2 Å². The van der Waals surface area contributed by atoms with Crippen LogP contribution in [-0.2, 0) is 11.2 Å². The Bertz CT molecular complexity index is 656. The number of nitrogen functional groups attached to an aromatic ring is 1. The first-order valence-corrected chi connectivity index (χ1v) is 8.19. The van der Waals surface area contributed by atoms with Gasteiger partial charge >= 0.3 is 0 Å². The van der Waals surface area contributed by atoms with Crippen molar-refractivity contribution in [2.24, 2.45) is 0 Å². The SMILES string of the molecule is CCC(CO)NC(=O)Cc1csc(-c2ccc(Cl)c(N)c2)n1. The minimum Gasteiger partial charge on any atom is -0.398 e. The number of carbonyl (C=O) groups excluding carboxylic acids is 1. The molecule has 22 heavy (non-hydrogen) atoms. The number of carbonyl (C=O) groups is 1. The molecule has 0 aliphatic carbocycles. The Morgan fingerprint density at radius 3 is 2.95 bits per heavy atom. The van der Waals surface area contributed by atoms with Crippen LogP contribution in [-0.4, -0.2) is 28.6 Å². The molecule has 1 unspecified atom stereocenters. The van der Waals surface area contributed by atoms with E-state index in [4.69, 9.17) is 22.4 Å². The number of rotatable bonds is 6. The van der Waals surface area contributed by atoms with Crippen molar-refractivity contribution < 1.29 is 9.90 Å². The highest BCUT2D eigenvalue weighted by atomic mass is 35.5. The van der Waals surface area contributed by atoms with Gasteiger partial charge in [-0.3, -0.25) is 4.79 Å². The molecule has 0 saturated heterocycles. The summed E-state index contributed by atoms with van der Waals surface area (Å²) in [5.74, 6) is -0.145. The van der Waals surface area contributed by atoms with E-state index in [1.54, 1.807) is 12.1 Å². The van der Waals surface area contributed by atoms with Crippen LogP contribution in [0.15, 0.2) is 23.6 Å². The van der Waals surface area contributed by atoms with Crippen LogP contribution in [0.25, 0.3) is 10.6 Å². The first kappa shape index (κ1) is 16.7. The molecule has 1 atom stereocenters. The molecule has 1 heterocycles.